The Balaban J connectivity index is 2.39. The smallest absolute Gasteiger partial charge is 0.285 e. The fourth-order valence-electron chi connectivity index (χ4n) is 1.41. The minimum atomic E-state index is -0.452. The molecule has 3 N–H and O–H groups in total. The highest BCUT2D eigenvalue weighted by Gasteiger charge is 2.07. The van der Waals surface area contributed by atoms with E-state index in [0.29, 0.717) is 5.69 Å². The summed E-state index contributed by atoms with van der Waals surface area (Å²) in [6.45, 7) is 2.01. The lowest BCUT2D eigenvalue weighted by molar-refractivity contribution is 0.0948. The summed E-state index contributed by atoms with van der Waals surface area (Å²) in [4.78, 5) is 19.5. The van der Waals surface area contributed by atoms with E-state index in [2.05, 4.69) is 9.97 Å². The van der Waals surface area contributed by atoms with Crippen LogP contribution in [0.2, 0.25) is 0 Å². The summed E-state index contributed by atoms with van der Waals surface area (Å²) in [6.07, 6.45) is 2.98. The maximum atomic E-state index is 11.3. The Morgan fingerprint density at radius 1 is 1.24 bits per heavy atom. The molecule has 0 bridgehead atoms. The molecular weight excluding hydrogens is 216 g/mol. The largest absolute Gasteiger partial charge is 0.289 e. The van der Waals surface area contributed by atoms with Crippen molar-refractivity contribution in [2.24, 2.45) is 5.84 Å². The Hall–Kier alpha value is -2.27. The molecule has 1 aromatic heterocycles. The number of carbonyl (C=O) groups is 1. The van der Waals surface area contributed by atoms with E-state index in [1.165, 1.54) is 6.20 Å². The number of rotatable bonds is 2. The molecule has 0 radical (unpaired) electrons. The summed E-state index contributed by atoms with van der Waals surface area (Å²) in [5, 5.41) is 0. The number of aryl methyl sites for hydroxylation is 1. The van der Waals surface area contributed by atoms with E-state index in [1.807, 2.05) is 36.6 Å². The molecule has 0 aliphatic carbocycles. The number of nitrogens with zero attached hydrogens (tertiary/aromatic N) is 2. The van der Waals surface area contributed by atoms with Crippen molar-refractivity contribution in [3.05, 3.63) is 47.9 Å². The van der Waals surface area contributed by atoms with Crippen LogP contribution in [0.3, 0.4) is 0 Å². The summed E-state index contributed by atoms with van der Waals surface area (Å²) < 4.78 is 0. The number of hydrazine groups is 1. The van der Waals surface area contributed by atoms with E-state index in [9.17, 15) is 4.79 Å². The second-order valence-electron chi connectivity index (χ2n) is 3.63. The molecule has 1 aromatic carbocycles. The molecule has 0 fully saturated rings. The predicted octanol–water partition coefficient (Wildman–Crippen LogP) is 1.06. The summed E-state index contributed by atoms with van der Waals surface area (Å²) in [7, 11) is 0. The molecule has 0 saturated carbocycles. The van der Waals surface area contributed by atoms with Gasteiger partial charge in [-0.15, -0.1) is 0 Å². The van der Waals surface area contributed by atoms with Gasteiger partial charge in [-0.25, -0.2) is 10.8 Å². The van der Waals surface area contributed by atoms with Gasteiger partial charge in [0, 0.05) is 5.56 Å². The third kappa shape index (κ3) is 2.46. The van der Waals surface area contributed by atoms with Crippen molar-refractivity contribution < 1.29 is 4.79 Å². The minimum Gasteiger partial charge on any atom is -0.289 e. The van der Waals surface area contributed by atoms with Crippen molar-refractivity contribution in [3.8, 4) is 11.3 Å². The van der Waals surface area contributed by atoms with Crippen LogP contribution in [0.25, 0.3) is 11.3 Å². The first-order valence-corrected chi connectivity index (χ1v) is 5.11. The van der Waals surface area contributed by atoms with Crippen molar-refractivity contribution in [2.75, 3.05) is 0 Å². The molecule has 1 heterocycles. The molecule has 17 heavy (non-hydrogen) atoms. The van der Waals surface area contributed by atoms with Gasteiger partial charge in [-0.3, -0.25) is 15.2 Å². The minimum absolute atomic E-state index is 0.200. The van der Waals surface area contributed by atoms with Gasteiger partial charge >= 0.3 is 0 Å². The number of nitrogens with two attached hydrogens (primary N) is 1. The van der Waals surface area contributed by atoms with Crippen LogP contribution in [0.5, 0.6) is 0 Å². The van der Waals surface area contributed by atoms with Gasteiger partial charge in [-0.05, 0) is 6.92 Å². The molecule has 5 nitrogen and oxygen atoms in total. The van der Waals surface area contributed by atoms with E-state index in [0.717, 1.165) is 11.1 Å². The van der Waals surface area contributed by atoms with Crippen molar-refractivity contribution in [1.82, 2.24) is 15.4 Å². The second kappa shape index (κ2) is 4.71. The van der Waals surface area contributed by atoms with Crippen LogP contribution in [-0.4, -0.2) is 15.9 Å². The number of hydrogen-bond donors (Lipinski definition) is 2. The highest BCUT2D eigenvalue weighted by atomic mass is 16.2. The van der Waals surface area contributed by atoms with Gasteiger partial charge in [0.2, 0.25) is 0 Å². The lowest BCUT2D eigenvalue weighted by Crippen LogP contribution is -2.30. The van der Waals surface area contributed by atoms with Crippen LogP contribution >= 0.6 is 0 Å². The first-order chi connectivity index (χ1) is 8.20. The molecular formula is C12H12N4O. The standard InChI is InChI=1S/C12H12N4O/c1-8-2-4-9(5-3-8)10-6-14-7-11(15-10)12(17)16-13/h2-7H,13H2,1H3,(H,16,17). The molecule has 0 saturated heterocycles. The van der Waals surface area contributed by atoms with Crippen LogP contribution in [0.4, 0.5) is 0 Å². The molecule has 1 amide bonds. The quantitative estimate of drug-likeness (QED) is 0.457. The van der Waals surface area contributed by atoms with Crippen LogP contribution in [0, 0.1) is 6.92 Å². The topological polar surface area (TPSA) is 80.9 Å². The zero-order valence-corrected chi connectivity index (χ0v) is 9.34. The first-order valence-electron chi connectivity index (χ1n) is 5.11. The maximum absolute atomic E-state index is 11.3. The number of hydrogen-bond acceptors (Lipinski definition) is 4. The molecule has 2 aromatic rings. The van der Waals surface area contributed by atoms with Gasteiger partial charge < -0.3 is 0 Å². The number of aromatic nitrogens is 2. The van der Waals surface area contributed by atoms with Crippen LogP contribution < -0.4 is 11.3 Å². The zero-order valence-electron chi connectivity index (χ0n) is 9.34. The number of nitrogens with one attached hydrogen (secondary N) is 1. The Labute approximate surface area is 98.7 Å². The summed E-state index contributed by atoms with van der Waals surface area (Å²) in [5.74, 6) is 4.59. The lowest BCUT2D eigenvalue weighted by Gasteiger charge is -2.03. The number of amides is 1. The van der Waals surface area contributed by atoms with Crippen molar-refractivity contribution in [3.63, 3.8) is 0 Å². The Kier molecular flexibility index (Phi) is 3.11. The van der Waals surface area contributed by atoms with Crippen LogP contribution in [0.15, 0.2) is 36.7 Å². The number of nitrogen functional groups attached to an aromatic ring is 1. The van der Waals surface area contributed by atoms with Crippen molar-refractivity contribution in [2.45, 2.75) is 6.92 Å². The van der Waals surface area contributed by atoms with Gasteiger partial charge in [0.15, 0.2) is 0 Å². The van der Waals surface area contributed by atoms with Crippen molar-refractivity contribution in [1.29, 1.82) is 0 Å². The van der Waals surface area contributed by atoms with Gasteiger partial charge in [-0.1, -0.05) is 29.8 Å². The summed E-state index contributed by atoms with van der Waals surface area (Å²) in [5.41, 5.74) is 4.95. The van der Waals surface area contributed by atoms with Gasteiger partial charge in [-0.2, -0.15) is 0 Å². The zero-order chi connectivity index (χ0) is 12.3. The molecule has 5 heteroatoms. The molecule has 0 unspecified atom stereocenters. The first kappa shape index (κ1) is 11.2. The van der Waals surface area contributed by atoms with E-state index in [-0.39, 0.29) is 5.69 Å². The monoisotopic (exact) mass is 228 g/mol. The molecule has 0 aliphatic heterocycles. The average molecular weight is 228 g/mol. The van der Waals surface area contributed by atoms with Crippen molar-refractivity contribution >= 4 is 5.91 Å². The highest BCUT2D eigenvalue weighted by molar-refractivity contribution is 5.91. The van der Waals surface area contributed by atoms with E-state index >= 15 is 0 Å². The van der Waals surface area contributed by atoms with Gasteiger partial charge in [0.05, 0.1) is 18.1 Å². The normalized spacial score (nSPS) is 10.0. The predicted molar refractivity (Wildman–Crippen MR) is 63.9 cm³/mol. The second-order valence-corrected chi connectivity index (χ2v) is 3.63. The fraction of sp³-hybridized carbons (Fsp3) is 0.0833. The number of benzene rings is 1. The van der Waals surface area contributed by atoms with E-state index < -0.39 is 5.91 Å². The van der Waals surface area contributed by atoms with Gasteiger partial charge in [0.25, 0.3) is 5.91 Å². The van der Waals surface area contributed by atoms with E-state index in [4.69, 9.17) is 5.84 Å². The molecule has 0 aliphatic rings. The maximum Gasteiger partial charge on any atom is 0.285 e. The van der Waals surface area contributed by atoms with Crippen LogP contribution in [-0.2, 0) is 0 Å². The summed E-state index contributed by atoms with van der Waals surface area (Å²) in [6, 6.07) is 7.83. The summed E-state index contributed by atoms with van der Waals surface area (Å²) >= 11 is 0. The fourth-order valence-corrected chi connectivity index (χ4v) is 1.41. The number of carbonyl (C=O) groups excluding carboxylic acids is 1. The third-order valence-electron chi connectivity index (χ3n) is 2.35. The molecule has 0 spiro atoms. The lowest BCUT2D eigenvalue weighted by atomic mass is 10.1. The SMILES string of the molecule is Cc1ccc(-c2cncc(C(=O)NN)n2)cc1. The Morgan fingerprint density at radius 3 is 2.59 bits per heavy atom. The highest BCUT2D eigenvalue weighted by Crippen LogP contribution is 2.16. The van der Waals surface area contributed by atoms with E-state index in [1.54, 1.807) is 6.20 Å². The van der Waals surface area contributed by atoms with Crippen LogP contribution in [0.1, 0.15) is 16.1 Å². The van der Waals surface area contributed by atoms with Gasteiger partial charge in [0.1, 0.15) is 5.69 Å². The average Bonchev–Trinajstić information content (AvgIpc) is 2.39. The molecule has 2 rings (SSSR count). The third-order valence-corrected chi connectivity index (χ3v) is 2.35. The molecule has 0 atom stereocenters. The Morgan fingerprint density at radius 2 is 1.94 bits per heavy atom. The Bertz CT molecular complexity index is 536. The molecule has 86 valence electrons.